The molecule has 1 aromatic rings. The molecule has 1 aliphatic rings. The molecule has 20 heavy (non-hydrogen) atoms. The molecule has 1 heterocycles. The van der Waals surface area contributed by atoms with Gasteiger partial charge < -0.3 is 10.2 Å². The number of anilines is 1. The lowest BCUT2D eigenvalue weighted by Gasteiger charge is -2.34. The molecule has 0 amide bonds. The second-order valence-corrected chi connectivity index (χ2v) is 5.82. The van der Waals surface area contributed by atoms with Gasteiger partial charge in [0.25, 0.3) is 0 Å². The van der Waals surface area contributed by atoms with E-state index >= 15 is 0 Å². The van der Waals surface area contributed by atoms with Crippen LogP contribution in [-0.4, -0.2) is 19.6 Å². The van der Waals surface area contributed by atoms with Gasteiger partial charge in [-0.3, -0.25) is 0 Å². The monoisotopic (exact) mass is 278 g/mol. The van der Waals surface area contributed by atoms with Crippen molar-refractivity contribution in [3.63, 3.8) is 0 Å². The van der Waals surface area contributed by atoms with Crippen molar-refractivity contribution in [2.24, 2.45) is 0 Å². The molecule has 0 aromatic heterocycles. The van der Waals surface area contributed by atoms with Crippen LogP contribution in [-0.2, 0) is 0 Å². The van der Waals surface area contributed by atoms with Crippen LogP contribution in [0, 0.1) is 5.82 Å². The summed E-state index contributed by atoms with van der Waals surface area (Å²) in [4.78, 5) is 2.51. The summed E-state index contributed by atoms with van der Waals surface area (Å²) in [5, 5.41) is 3.24. The minimum atomic E-state index is -0.145. The third-order valence-corrected chi connectivity index (χ3v) is 4.55. The minimum absolute atomic E-state index is 0.145. The van der Waals surface area contributed by atoms with Crippen molar-refractivity contribution in [2.75, 3.05) is 18.5 Å². The van der Waals surface area contributed by atoms with Crippen molar-refractivity contribution in [2.45, 2.75) is 58.0 Å². The zero-order valence-corrected chi connectivity index (χ0v) is 13.0. The lowest BCUT2D eigenvalue weighted by atomic mass is 10.0. The van der Waals surface area contributed by atoms with Crippen LogP contribution < -0.4 is 10.2 Å². The quantitative estimate of drug-likeness (QED) is 0.885. The summed E-state index contributed by atoms with van der Waals surface area (Å²) in [5.41, 5.74) is 2.29. The average molecular weight is 278 g/mol. The van der Waals surface area contributed by atoms with Crippen molar-refractivity contribution < 1.29 is 4.39 Å². The van der Waals surface area contributed by atoms with Gasteiger partial charge in [0.15, 0.2) is 0 Å². The predicted octanol–water partition coefficient (Wildman–Crippen LogP) is 4.27. The fourth-order valence-electron chi connectivity index (χ4n) is 3.21. The van der Waals surface area contributed by atoms with Crippen molar-refractivity contribution in [1.82, 2.24) is 5.32 Å². The van der Waals surface area contributed by atoms with Gasteiger partial charge in [0.2, 0.25) is 0 Å². The summed E-state index contributed by atoms with van der Waals surface area (Å²) < 4.78 is 13.6. The van der Waals surface area contributed by atoms with Gasteiger partial charge in [0.1, 0.15) is 5.82 Å². The van der Waals surface area contributed by atoms with Gasteiger partial charge >= 0.3 is 0 Å². The number of hydrogen-bond acceptors (Lipinski definition) is 2. The third kappa shape index (κ3) is 3.32. The molecule has 1 aromatic carbocycles. The Kier molecular flexibility index (Phi) is 5.41. The summed E-state index contributed by atoms with van der Waals surface area (Å²) >= 11 is 0. The van der Waals surface area contributed by atoms with Crippen LogP contribution in [0.4, 0.5) is 10.1 Å². The first-order chi connectivity index (χ1) is 9.67. The molecule has 1 saturated heterocycles. The van der Waals surface area contributed by atoms with E-state index in [1.807, 2.05) is 13.1 Å². The standard InChI is InChI=1S/C17H27FN2/c1-4-15-8-6-5-7-11-20(15)17-10-9-14(18)12-16(17)13(2)19-3/h9-10,12-13,15,19H,4-8,11H2,1-3H3. The molecule has 2 unspecified atom stereocenters. The van der Waals surface area contributed by atoms with E-state index in [0.717, 1.165) is 18.5 Å². The molecule has 0 spiro atoms. The van der Waals surface area contributed by atoms with Gasteiger partial charge in [-0.15, -0.1) is 0 Å². The average Bonchev–Trinajstić information content (AvgIpc) is 2.71. The Balaban J connectivity index is 2.38. The van der Waals surface area contributed by atoms with Crippen LogP contribution in [0.3, 0.4) is 0 Å². The van der Waals surface area contributed by atoms with Crippen molar-refractivity contribution in [1.29, 1.82) is 0 Å². The van der Waals surface area contributed by atoms with Crippen molar-refractivity contribution >= 4 is 5.69 Å². The fraction of sp³-hybridized carbons (Fsp3) is 0.647. The molecular formula is C17H27FN2. The summed E-state index contributed by atoms with van der Waals surface area (Å²) in [5.74, 6) is -0.145. The third-order valence-electron chi connectivity index (χ3n) is 4.55. The Morgan fingerprint density at radius 3 is 2.85 bits per heavy atom. The number of rotatable bonds is 4. The van der Waals surface area contributed by atoms with Gasteiger partial charge in [0, 0.05) is 24.3 Å². The van der Waals surface area contributed by atoms with Crippen LogP contribution >= 0.6 is 0 Å². The molecule has 2 rings (SSSR count). The maximum Gasteiger partial charge on any atom is 0.123 e. The van der Waals surface area contributed by atoms with Crippen LogP contribution in [0.15, 0.2) is 18.2 Å². The molecule has 2 atom stereocenters. The van der Waals surface area contributed by atoms with E-state index in [-0.39, 0.29) is 11.9 Å². The molecule has 3 heteroatoms. The molecule has 0 bridgehead atoms. The molecule has 1 N–H and O–H groups in total. The van der Waals surface area contributed by atoms with Gasteiger partial charge in [-0.1, -0.05) is 19.8 Å². The maximum absolute atomic E-state index is 13.6. The number of nitrogens with one attached hydrogen (secondary N) is 1. The van der Waals surface area contributed by atoms with Crippen molar-refractivity contribution in [3.05, 3.63) is 29.6 Å². The first-order valence-electron chi connectivity index (χ1n) is 7.90. The summed E-state index contributed by atoms with van der Waals surface area (Å²) in [6.45, 7) is 5.44. The lowest BCUT2D eigenvalue weighted by Crippen LogP contribution is -2.35. The van der Waals surface area contributed by atoms with E-state index < -0.39 is 0 Å². The summed E-state index contributed by atoms with van der Waals surface area (Å²) in [6, 6.07) is 6.01. The zero-order chi connectivity index (χ0) is 14.5. The highest BCUT2D eigenvalue weighted by atomic mass is 19.1. The van der Waals surface area contributed by atoms with Gasteiger partial charge in [-0.25, -0.2) is 4.39 Å². The molecule has 0 aliphatic carbocycles. The van der Waals surface area contributed by atoms with E-state index in [9.17, 15) is 4.39 Å². The van der Waals surface area contributed by atoms with E-state index in [0.29, 0.717) is 6.04 Å². The number of nitrogens with zero attached hydrogens (tertiary/aromatic N) is 1. The highest BCUT2D eigenvalue weighted by molar-refractivity contribution is 5.56. The first kappa shape index (κ1) is 15.3. The predicted molar refractivity (Wildman–Crippen MR) is 83.8 cm³/mol. The van der Waals surface area contributed by atoms with E-state index in [2.05, 4.69) is 24.1 Å². The Bertz CT molecular complexity index is 433. The first-order valence-corrected chi connectivity index (χ1v) is 7.90. The van der Waals surface area contributed by atoms with Crippen LogP contribution in [0.1, 0.15) is 57.6 Å². The number of hydrogen-bond donors (Lipinski definition) is 1. The van der Waals surface area contributed by atoms with Crippen LogP contribution in [0.25, 0.3) is 0 Å². The van der Waals surface area contributed by atoms with Crippen LogP contribution in [0.2, 0.25) is 0 Å². The lowest BCUT2D eigenvalue weighted by molar-refractivity contribution is 0.548. The normalized spacial score (nSPS) is 21.6. The topological polar surface area (TPSA) is 15.3 Å². The molecule has 2 nitrogen and oxygen atoms in total. The van der Waals surface area contributed by atoms with Gasteiger partial charge in [-0.2, -0.15) is 0 Å². The zero-order valence-electron chi connectivity index (χ0n) is 13.0. The maximum atomic E-state index is 13.6. The molecule has 1 fully saturated rings. The van der Waals surface area contributed by atoms with Gasteiger partial charge in [-0.05, 0) is 57.0 Å². The van der Waals surface area contributed by atoms with Crippen molar-refractivity contribution in [3.8, 4) is 0 Å². The van der Waals surface area contributed by atoms with E-state index in [1.54, 1.807) is 12.1 Å². The molecule has 112 valence electrons. The Hall–Kier alpha value is -1.09. The second kappa shape index (κ2) is 7.07. The number of halogens is 1. The summed E-state index contributed by atoms with van der Waals surface area (Å²) in [6.07, 6.45) is 6.27. The molecule has 0 saturated carbocycles. The second-order valence-electron chi connectivity index (χ2n) is 5.82. The molecular weight excluding hydrogens is 251 g/mol. The Labute approximate surface area is 122 Å². The molecule has 1 aliphatic heterocycles. The highest BCUT2D eigenvalue weighted by Gasteiger charge is 2.23. The largest absolute Gasteiger partial charge is 0.368 e. The van der Waals surface area contributed by atoms with Crippen LogP contribution in [0.5, 0.6) is 0 Å². The fourth-order valence-corrected chi connectivity index (χ4v) is 3.21. The SMILES string of the molecule is CCC1CCCCCN1c1ccc(F)cc1C(C)NC. The minimum Gasteiger partial charge on any atom is -0.368 e. The highest BCUT2D eigenvalue weighted by Crippen LogP contribution is 2.32. The van der Waals surface area contributed by atoms with E-state index in [1.165, 1.54) is 31.4 Å². The Morgan fingerprint density at radius 1 is 1.35 bits per heavy atom. The Morgan fingerprint density at radius 2 is 2.15 bits per heavy atom. The smallest absolute Gasteiger partial charge is 0.123 e. The van der Waals surface area contributed by atoms with E-state index in [4.69, 9.17) is 0 Å². The van der Waals surface area contributed by atoms with Gasteiger partial charge in [0.05, 0.1) is 0 Å². The summed E-state index contributed by atoms with van der Waals surface area (Å²) in [7, 11) is 1.93. The molecule has 0 radical (unpaired) electrons. The number of benzene rings is 1.